The zero-order chi connectivity index (χ0) is 14.7. The van der Waals surface area contributed by atoms with Crippen molar-refractivity contribution in [3.8, 4) is 5.75 Å². The molecule has 0 aromatic heterocycles. The molecule has 1 aromatic rings. The Morgan fingerprint density at radius 2 is 2.20 bits per heavy atom. The van der Waals surface area contributed by atoms with Crippen molar-refractivity contribution in [2.45, 2.75) is 19.5 Å². The van der Waals surface area contributed by atoms with Crippen LogP contribution in [-0.4, -0.2) is 43.7 Å². The Labute approximate surface area is 117 Å². The topological polar surface area (TPSA) is 67.9 Å². The van der Waals surface area contributed by atoms with Crippen molar-refractivity contribution in [2.24, 2.45) is 0 Å². The summed E-state index contributed by atoms with van der Waals surface area (Å²) >= 11 is 0. The van der Waals surface area contributed by atoms with Crippen LogP contribution >= 0.6 is 0 Å². The predicted molar refractivity (Wildman–Crippen MR) is 72.7 cm³/mol. The lowest BCUT2D eigenvalue weighted by atomic mass is 10.1. The average molecular weight is 278 g/mol. The highest BCUT2D eigenvalue weighted by Gasteiger charge is 2.26. The number of hydrogen-bond donors (Lipinski definition) is 1. The van der Waals surface area contributed by atoms with Gasteiger partial charge in [0.05, 0.1) is 26.3 Å². The molecule has 0 spiro atoms. The van der Waals surface area contributed by atoms with Crippen LogP contribution < -0.4 is 10.1 Å². The van der Waals surface area contributed by atoms with Gasteiger partial charge in [0.15, 0.2) is 0 Å². The lowest BCUT2D eigenvalue weighted by Gasteiger charge is -2.17. The number of rotatable bonds is 4. The second-order valence-corrected chi connectivity index (χ2v) is 4.75. The molecule has 0 aliphatic carbocycles. The molecule has 2 rings (SSSR count). The quantitative estimate of drug-likeness (QED) is 0.845. The van der Waals surface area contributed by atoms with Crippen LogP contribution in [0.2, 0.25) is 0 Å². The predicted octanol–water partition coefficient (Wildman–Crippen LogP) is 1.40. The molecular weight excluding hydrogens is 260 g/mol. The van der Waals surface area contributed by atoms with E-state index in [1.165, 1.54) is 14.2 Å². The van der Waals surface area contributed by atoms with Crippen molar-refractivity contribution in [3.05, 3.63) is 29.3 Å². The van der Waals surface area contributed by atoms with E-state index in [9.17, 15) is 9.59 Å². The van der Waals surface area contributed by atoms with Crippen molar-refractivity contribution in [1.82, 2.24) is 10.2 Å². The molecule has 0 bridgehead atoms. The monoisotopic (exact) mass is 278 g/mol. The Bertz CT molecular complexity index is 530. The van der Waals surface area contributed by atoms with Crippen LogP contribution in [0.3, 0.4) is 0 Å². The fourth-order valence-electron chi connectivity index (χ4n) is 2.22. The number of amides is 2. The van der Waals surface area contributed by atoms with Crippen molar-refractivity contribution >= 4 is 12.0 Å². The molecule has 0 radical (unpaired) electrons. The van der Waals surface area contributed by atoms with Gasteiger partial charge < -0.3 is 19.7 Å². The molecule has 1 N–H and O–H groups in total. The molecule has 1 atom stereocenters. The SMILES string of the molecule is COC(=O)c1ccc(CN2CC(C)NC2=O)c(OC)c1. The van der Waals surface area contributed by atoms with Crippen molar-refractivity contribution in [1.29, 1.82) is 0 Å². The maximum absolute atomic E-state index is 11.7. The number of hydrogen-bond acceptors (Lipinski definition) is 4. The molecule has 1 aliphatic rings. The molecule has 108 valence electrons. The molecule has 0 saturated carbocycles. The Morgan fingerprint density at radius 1 is 1.45 bits per heavy atom. The highest BCUT2D eigenvalue weighted by molar-refractivity contribution is 5.90. The highest BCUT2D eigenvalue weighted by Crippen LogP contribution is 2.23. The molecule has 1 unspecified atom stereocenters. The van der Waals surface area contributed by atoms with Crippen molar-refractivity contribution in [2.75, 3.05) is 20.8 Å². The van der Waals surface area contributed by atoms with Crippen LogP contribution in [0.1, 0.15) is 22.8 Å². The molecule has 1 aliphatic heterocycles. The lowest BCUT2D eigenvalue weighted by Crippen LogP contribution is -2.28. The number of nitrogens with one attached hydrogen (secondary N) is 1. The van der Waals surface area contributed by atoms with Gasteiger partial charge in [0.1, 0.15) is 5.75 Å². The number of urea groups is 1. The minimum Gasteiger partial charge on any atom is -0.496 e. The fraction of sp³-hybridized carbons (Fsp3) is 0.429. The van der Waals surface area contributed by atoms with E-state index in [0.717, 1.165) is 5.56 Å². The standard InChI is InChI=1S/C14H18N2O4/c1-9-7-16(14(18)15-9)8-11-5-4-10(13(17)20-3)6-12(11)19-2/h4-6,9H,7-8H2,1-3H3,(H,15,18). The Balaban J connectivity index is 2.19. The van der Waals surface area contributed by atoms with E-state index in [1.807, 2.05) is 6.92 Å². The summed E-state index contributed by atoms with van der Waals surface area (Å²) in [5.74, 6) is 0.155. The minimum atomic E-state index is -0.414. The van der Waals surface area contributed by atoms with E-state index < -0.39 is 5.97 Å². The van der Waals surface area contributed by atoms with Crippen molar-refractivity contribution < 1.29 is 19.1 Å². The third kappa shape index (κ3) is 2.84. The zero-order valence-electron chi connectivity index (χ0n) is 11.8. The maximum atomic E-state index is 11.7. The van der Waals surface area contributed by atoms with Gasteiger partial charge in [-0.2, -0.15) is 0 Å². The smallest absolute Gasteiger partial charge is 0.337 e. The molecule has 6 nitrogen and oxygen atoms in total. The van der Waals surface area contributed by atoms with Gasteiger partial charge in [-0.3, -0.25) is 0 Å². The number of methoxy groups -OCH3 is 2. The van der Waals surface area contributed by atoms with E-state index >= 15 is 0 Å². The van der Waals surface area contributed by atoms with Crippen LogP contribution in [0, 0.1) is 0 Å². The number of benzene rings is 1. The van der Waals surface area contributed by atoms with Gasteiger partial charge in [0.2, 0.25) is 0 Å². The van der Waals surface area contributed by atoms with E-state index in [1.54, 1.807) is 23.1 Å². The van der Waals surface area contributed by atoms with Crippen LogP contribution in [0.15, 0.2) is 18.2 Å². The van der Waals surface area contributed by atoms with Gasteiger partial charge in [-0.25, -0.2) is 9.59 Å². The van der Waals surface area contributed by atoms with Crippen LogP contribution in [0.5, 0.6) is 5.75 Å². The first-order valence-electron chi connectivity index (χ1n) is 6.35. The van der Waals surface area contributed by atoms with Gasteiger partial charge in [0.25, 0.3) is 0 Å². The second-order valence-electron chi connectivity index (χ2n) is 4.75. The van der Waals surface area contributed by atoms with Gasteiger partial charge in [-0.1, -0.05) is 6.07 Å². The fourth-order valence-corrected chi connectivity index (χ4v) is 2.22. The van der Waals surface area contributed by atoms with Crippen molar-refractivity contribution in [3.63, 3.8) is 0 Å². The van der Waals surface area contributed by atoms with E-state index in [0.29, 0.717) is 24.4 Å². The third-order valence-corrected chi connectivity index (χ3v) is 3.22. The number of carbonyl (C=O) groups is 2. The largest absolute Gasteiger partial charge is 0.496 e. The molecule has 6 heteroatoms. The summed E-state index contributed by atoms with van der Waals surface area (Å²) in [6.07, 6.45) is 0. The molecular formula is C14H18N2O4. The molecule has 20 heavy (non-hydrogen) atoms. The summed E-state index contributed by atoms with van der Waals surface area (Å²) in [5.41, 5.74) is 1.27. The number of ether oxygens (including phenoxy) is 2. The second kappa shape index (κ2) is 5.81. The first-order valence-corrected chi connectivity index (χ1v) is 6.35. The molecule has 1 fully saturated rings. The molecule has 1 heterocycles. The van der Waals surface area contributed by atoms with Gasteiger partial charge >= 0.3 is 12.0 Å². The van der Waals surface area contributed by atoms with E-state index in [2.05, 4.69) is 10.1 Å². The summed E-state index contributed by atoms with van der Waals surface area (Å²) in [6, 6.07) is 5.13. The first-order chi connectivity index (χ1) is 9.55. The Morgan fingerprint density at radius 3 is 2.75 bits per heavy atom. The summed E-state index contributed by atoms with van der Waals surface area (Å²) < 4.78 is 9.96. The number of nitrogens with zero attached hydrogens (tertiary/aromatic N) is 1. The van der Waals surface area contributed by atoms with E-state index in [-0.39, 0.29) is 12.1 Å². The van der Waals surface area contributed by atoms with Crippen LogP contribution in [0.25, 0.3) is 0 Å². The van der Waals surface area contributed by atoms with E-state index in [4.69, 9.17) is 4.74 Å². The summed E-state index contributed by atoms with van der Waals surface area (Å²) in [5, 5.41) is 2.84. The number of carbonyl (C=O) groups excluding carboxylic acids is 2. The summed E-state index contributed by atoms with van der Waals surface area (Å²) in [6.45, 7) is 3.05. The molecule has 1 aromatic carbocycles. The normalized spacial score (nSPS) is 17.9. The summed E-state index contributed by atoms with van der Waals surface area (Å²) in [7, 11) is 2.87. The Kier molecular flexibility index (Phi) is 4.12. The minimum absolute atomic E-state index is 0.0865. The zero-order valence-corrected chi connectivity index (χ0v) is 11.8. The third-order valence-electron chi connectivity index (χ3n) is 3.22. The first kappa shape index (κ1) is 14.2. The molecule has 2 amide bonds. The lowest BCUT2D eigenvalue weighted by molar-refractivity contribution is 0.0600. The van der Waals surface area contributed by atoms with Gasteiger partial charge in [0, 0.05) is 18.2 Å². The van der Waals surface area contributed by atoms with Crippen LogP contribution in [0.4, 0.5) is 4.79 Å². The average Bonchev–Trinajstić information content (AvgIpc) is 2.76. The van der Waals surface area contributed by atoms with Crippen LogP contribution in [-0.2, 0) is 11.3 Å². The van der Waals surface area contributed by atoms with Gasteiger partial charge in [-0.15, -0.1) is 0 Å². The van der Waals surface area contributed by atoms with Gasteiger partial charge in [-0.05, 0) is 19.1 Å². The highest BCUT2D eigenvalue weighted by atomic mass is 16.5. The number of esters is 1. The molecule has 1 saturated heterocycles. The maximum Gasteiger partial charge on any atom is 0.337 e. The summed E-state index contributed by atoms with van der Waals surface area (Å²) in [4.78, 5) is 24.9. The Hall–Kier alpha value is -2.24.